The zero-order valence-electron chi connectivity index (χ0n) is 10.3. The van der Waals surface area contributed by atoms with Crippen LogP contribution in [-0.2, 0) is 0 Å². The van der Waals surface area contributed by atoms with E-state index < -0.39 is 17.8 Å². The van der Waals surface area contributed by atoms with Gasteiger partial charge in [-0.05, 0) is 34.3 Å². The first-order valence-corrected chi connectivity index (χ1v) is 6.46. The maximum Gasteiger partial charge on any atom is 0.254 e. The quantitative estimate of drug-likeness (QED) is 0.817. The fraction of sp³-hybridized carbons (Fsp3) is 0.500. The summed E-state index contributed by atoms with van der Waals surface area (Å²) in [5.74, 6) is -0.906. The molecule has 0 aromatic carbocycles. The highest BCUT2D eigenvalue weighted by atomic mass is 79.9. The third kappa shape index (κ3) is 4.70. The van der Waals surface area contributed by atoms with Gasteiger partial charge in [0.25, 0.3) is 5.91 Å². The molecule has 1 rings (SSSR count). The predicted molar refractivity (Wildman–Crippen MR) is 69.7 cm³/mol. The number of hydrogen-bond acceptors (Lipinski definition) is 3. The van der Waals surface area contributed by atoms with Crippen LogP contribution in [0.4, 0.5) is 4.39 Å². The van der Waals surface area contributed by atoms with Gasteiger partial charge in [0.05, 0.1) is 17.9 Å². The molecule has 1 unspecified atom stereocenters. The largest absolute Gasteiger partial charge is 0.391 e. The first-order valence-electron chi connectivity index (χ1n) is 5.67. The molecule has 4 nitrogen and oxygen atoms in total. The smallest absolute Gasteiger partial charge is 0.254 e. The van der Waals surface area contributed by atoms with E-state index >= 15 is 0 Å². The summed E-state index contributed by atoms with van der Waals surface area (Å²) < 4.78 is 13.7. The number of pyridine rings is 1. The van der Waals surface area contributed by atoms with Crippen molar-refractivity contribution in [2.45, 2.75) is 26.4 Å². The van der Waals surface area contributed by atoms with Crippen LogP contribution in [0, 0.1) is 11.7 Å². The fourth-order valence-corrected chi connectivity index (χ4v) is 1.85. The summed E-state index contributed by atoms with van der Waals surface area (Å²) in [6.45, 7) is 4.06. The lowest BCUT2D eigenvalue weighted by Gasteiger charge is -2.14. The standard InChI is InChI=1S/C12H16BrFN2O2/c1-7(2)3-8(17)5-16-12(18)9-4-11(13)15-6-10(9)14/h4,6-8,17H,3,5H2,1-2H3,(H,16,18). The van der Waals surface area contributed by atoms with Gasteiger partial charge in [-0.1, -0.05) is 13.8 Å². The topological polar surface area (TPSA) is 62.2 Å². The van der Waals surface area contributed by atoms with Gasteiger partial charge in [-0.25, -0.2) is 9.37 Å². The van der Waals surface area contributed by atoms with Crippen LogP contribution in [0.2, 0.25) is 0 Å². The molecular formula is C12H16BrFN2O2. The van der Waals surface area contributed by atoms with Crippen molar-refractivity contribution in [3.05, 3.63) is 28.2 Å². The van der Waals surface area contributed by atoms with E-state index in [9.17, 15) is 14.3 Å². The minimum atomic E-state index is -0.686. The average Bonchev–Trinajstić information content (AvgIpc) is 2.28. The number of carbonyl (C=O) groups is 1. The highest BCUT2D eigenvalue weighted by Gasteiger charge is 2.14. The van der Waals surface area contributed by atoms with Crippen molar-refractivity contribution in [3.63, 3.8) is 0 Å². The molecule has 0 aliphatic heterocycles. The van der Waals surface area contributed by atoms with Gasteiger partial charge in [-0.3, -0.25) is 4.79 Å². The van der Waals surface area contributed by atoms with Gasteiger partial charge in [-0.15, -0.1) is 0 Å². The molecule has 0 saturated carbocycles. The molecule has 1 amide bonds. The molecule has 0 aliphatic rings. The SMILES string of the molecule is CC(C)CC(O)CNC(=O)c1cc(Br)ncc1F. The molecule has 1 atom stereocenters. The van der Waals surface area contributed by atoms with Crippen molar-refractivity contribution in [1.29, 1.82) is 0 Å². The van der Waals surface area contributed by atoms with Crippen LogP contribution in [0.5, 0.6) is 0 Å². The van der Waals surface area contributed by atoms with Crippen molar-refractivity contribution < 1.29 is 14.3 Å². The summed E-state index contributed by atoms with van der Waals surface area (Å²) in [5.41, 5.74) is -0.0892. The molecule has 100 valence electrons. The Bertz CT molecular complexity index is 427. The summed E-state index contributed by atoms with van der Waals surface area (Å²) in [5, 5.41) is 12.1. The zero-order valence-corrected chi connectivity index (χ0v) is 11.9. The number of aliphatic hydroxyl groups excluding tert-OH is 1. The summed E-state index contributed by atoms with van der Waals surface area (Å²) in [6.07, 6.45) is 0.939. The molecule has 1 aromatic rings. The van der Waals surface area contributed by atoms with Crippen molar-refractivity contribution in [3.8, 4) is 0 Å². The molecule has 0 saturated heterocycles. The Kier molecular flexibility index (Phi) is 5.68. The predicted octanol–water partition coefficient (Wildman–Crippen LogP) is 2.12. The number of aromatic nitrogens is 1. The Hall–Kier alpha value is -1.01. The minimum absolute atomic E-state index is 0.0892. The van der Waals surface area contributed by atoms with Crippen LogP contribution < -0.4 is 5.32 Å². The Morgan fingerprint density at radius 2 is 2.28 bits per heavy atom. The Balaban J connectivity index is 2.58. The monoisotopic (exact) mass is 318 g/mol. The number of nitrogens with zero attached hydrogens (tertiary/aromatic N) is 1. The summed E-state index contributed by atoms with van der Waals surface area (Å²) in [4.78, 5) is 15.4. The Morgan fingerprint density at radius 3 is 2.89 bits per heavy atom. The van der Waals surface area contributed by atoms with Crippen LogP contribution in [0.3, 0.4) is 0 Å². The molecule has 1 heterocycles. The third-order valence-electron chi connectivity index (χ3n) is 2.31. The lowest BCUT2D eigenvalue weighted by Crippen LogP contribution is -2.33. The number of halogens is 2. The van der Waals surface area contributed by atoms with Gasteiger partial charge in [0.1, 0.15) is 4.60 Å². The van der Waals surface area contributed by atoms with E-state index in [-0.39, 0.29) is 12.1 Å². The van der Waals surface area contributed by atoms with Gasteiger partial charge in [-0.2, -0.15) is 0 Å². The van der Waals surface area contributed by atoms with E-state index in [1.807, 2.05) is 13.8 Å². The Morgan fingerprint density at radius 1 is 1.61 bits per heavy atom. The number of carbonyl (C=O) groups excluding carboxylic acids is 1. The number of aliphatic hydroxyl groups is 1. The van der Waals surface area contributed by atoms with Crippen LogP contribution in [0.25, 0.3) is 0 Å². The van der Waals surface area contributed by atoms with Crippen LogP contribution in [0.1, 0.15) is 30.6 Å². The van der Waals surface area contributed by atoms with Crippen molar-refractivity contribution in [2.75, 3.05) is 6.54 Å². The van der Waals surface area contributed by atoms with Crippen LogP contribution in [-0.4, -0.2) is 28.6 Å². The normalized spacial score (nSPS) is 12.6. The number of amides is 1. The van der Waals surface area contributed by atoms with Gasteiger partial charge in [0.15, 0.2) is 5.82 Å². The first kappa shape index (κ1) is 15.0. The molecule has 1 aromatic heterocycles. The second-order valence-corrected chi connectivity index (χ2v) is 5.29. The first-order chi connectivity index (χ1) is 8.40. The minimum Gasteiger partial charge on any atom is -0.391 e. The van der Waals surface area contributed by atoms with E-state index in [1.165, 1.54) is 6.07 Å². The molecule has 0 aliphatic carbocycles. The summed E-state index contributed by atoms with van der Waals surface area (Å²) in [7, 11) is 0. The van der Waals surface area contributed by atoms with Crippen LogP contribution >= 0.6 is 15.9 Å². The third-order valence-corrected chi connectivity index (χ3v) is 2.74. The molecule has 0 fully saturated rings. The number of hydrogen-bond donors (Lipinski definition) is 2. The maximum atomic E-state index is 13.3. The lowest BCUT2D eigenvalue weighted by molar-refractivity contribution is 0.0896. The molecule has 6 heteroatoms. The van der Waals surface area contributed by atoms with Crippen molar-refractivity contribution >= 4 is 21.8 Å². The lowest BCUT2D eigenvalue weighted by atomic mass is 10.1. The molecule has 0 spiro atoms. The highest BCUT2D eigenvalue weighted by molar-refractivity contribution is 9.10. The second-order valence-electron chi connectivity index (χ2n) is 4.48. The molecule has 2 N–H and O–H groups in total. The number of rotatable bonds is 5. The van der Waals surface area contributed by atoms with Gasteiger partial charge >= 0.3 is 0 Å². The van der Waals surface area contributed by atoms with Gasteiger partial charge in [0, 0.05) is 6.54 Å². The molecule has 0 bridgehead atoms. The zero-order chi connectivity index (χ0) is 13.7. The fourth-order valence-electron chi connectivity index (χ4n) is 1.52. The van der Waals surface area contributed by atoms with Crippen molar-refractivity contribution in [1.82, 2.24) is 10.3 Å². The van der Waals surface area contributed by atoms with E-state index in [1.54, 1.807) is 0 Å². The maximum absolute atomic E-state index is 13.3. The summed E-state index contributed by atoms with van der Waals surface area (Å²) >= 11 is 3.07. The van der Waals surface area contributed by atoms with E-state index in [4.69, 9.17) is 0 Å². The highest BCUT2D eigenvalue weighted by Crippen LogP contribution is 2.12. The molecular weight excluding hydrogens is 303 g/mol. The van der Waals surface area contributed by atoms with Gasteiger partial charge < -0.3 is 10.4 Å². The average molecular weight is 319 g/mol. The van der Waals surface area contributed by atoms with E-state index in [0.717, 1.165) is 6.20 Å². The number of nitrogens with one attached hydrogen (secondary N) is 1. The van der Waals surface area contributed by atoms with E-state index in [2.05, 4.69) is 26.2 Å². The Labute approximate surface area is 114 Å². The van der Waals surface area contributed by atoms with Gasteiger partial charge in [0.2, 0.25) is 0 Å². The summed E-state index contributed by atoms with van der Waals surface area (Å²) in [6, 6.07) is 1.31. The second kappa shape index (κ2) is 6.80. The van der Waals surface area contributed by atoms with Crippen LogP contribution in [0.15, 0.2) is 16.9 Å². The van der Waals surface area contributed by atoms with Crippen molar-refractivity contribution in [2.24, 2.45) is 5.92 Å². The molecule has 18 heavy (non-hydrogen) atoms. The van der Waals surface area contributed by atoms with E-state index in [0.29, 0.717) is 16.9 Å². The molecule has 0 radical (unpaired) electrons.